The summed E-state index contributed by atoms with van der Waals surface area (Å²) in [5, 5.41) is 11.5. The first-order valence-corrected chi connectivity index (χ1v) is 11.8. The fourth-order valence-corrected chi connectivity index (χ4v) is 4.97. The van der Waals surface area contributed by atoms with Crippen LogP contribution in [0.4, 0.5) is 0 Å². The highest BCUT2D eigenvalue weighted by atomic mass is 79.9. The average Bonchev–Trinajstić information content (AvgIpc) is 2.95. The molecule has 0 aliphatic carbocycles. The van der Waals surface area contributed by atoms with Crippen LogP contribution in [0.2, 0.25) is 0 Å². The van der Waals surface area contributed by atoms with Gasteiger partial charge in [0.25, 0.3) is 0 Å². The second-order valence-electron chi connectivity index (χ2n) is 7.19. The molecule has 0 amide bonds. The van der Waals surface area contributed by atoms with Gasteiger partial charge >= 0.3 is 5.97 Å². The van der Waals surface area contributed by atoms with Gasteiger partial charge in [0.2, 0.25) is 0 Å². The van der Waals surface area contributed by atoms with Crippen LogP contribution in [-0.2, 0) is 6.42 Å². The van der Waals surface area contributed by atoms with Gasteiger partial charge in [0, 0.05) is 0 Å². The van der Waals surface area contributed by atoms with Crippen molar-refractivity contribution in [2.45, 2.75) is 97.3 Å². The SMILES string of the molecule is CCCCCCCCC(CCCCCC)Cc1csc(Br)c1C(=O)O. The zero-order valence-electron chi connectivity index (χ0n) is 16.0. The van der Waals surface area contributed by atoms with Crippen LogP contribution in [0, 0.1) is 5.92 Å². The van der Waals surface area contributed by atoms with Crippen LogP contribution >= 0.6 is 27.3 Å². The summed E-state index contributed by atoms with van der Waals surface area (Å²) in [5.74, 6) is -0.171. The van der Waals surface area contributed by atoms with E-state index in [9.17, 15) is 9.90 Å². The number of aromatic carboxylic acids is 1. The summed E-state index contributed by atoms with van der Waals surface area (Å²) < 4.78 is 0.763. The summed E-state index contributed by atoms with van der Waals surface area (Å²) in [5.41, 5.74) is 1.52. The summed E-state index contributed by atoms with van der Waals surface area (Å²) in [6, 6.07) is 0. The molecule has 25 heavy (non-hydrogen) atoms. The van der Waals surface area contributed by atoms with Gasteiger partial charge in [0.15, 0.2) is 0 Å². The normalized spacial score (nSPS) is 12.4. The molecule has 0 aliphatic heterocycles. The van der Waals surface area contributed by atoms with Crippen molar-refractivity contribution in [3.05, 3.63) is 20.3 Å². The number of unbranched alkanes of at least 4 members (excludes halogenated alkanes) is 8. The summed E-state index contributed by atoms with van der Waals surface area (Å²) in [4.78, 5) is 11.5. The van der Waals surface area contributed by atoms with Gasteiger partial charge in [-0.15, -0.1) is 11.3 Å². The van der Waals surface area contributed by atoms with E-state index in [1.165, 1.54) is 88.4 Å². The van der Waals surface area contributed by atoms with E-state index in [1.807, 2.05) is 5.38 Å². The lowest BCUT2D eigenvalue weighted by Crippen LogP contribution is -2.08. The van der Waals surface area contributed by atoms with E-state index >= 15 is 0 Å². The fraction of sp³-hybridized carbons (Fsp3) is 0.762. The van der Waals surface area contributed by atoms with Crippen molar-refractivity contribution in [3.8, 4) is 0 Å². The second kappa shape index (κ2) is 13.8. The van der Waals surface area contributed by atoms with Crippen molar-refractivity contribution in [1.29, 1.82) is 0 Å². The molecule has 1 heterocycles. The Morgan fingerprint density at radius 2 is 1.52 bits per heavy atom. The smallest absolute Gasteiger partial charge is 0.337 e. The van der Waals surface area contributed by atoms with Gasteiger partial charge in [-0.2, -0.15) is 0 Å². The number of carboxylic acid groups (broad SMARTS) is 1. The van der Waals surface area contributed by atoms with Crippen molar-refractivity contribution in [2.24, 2.45) is 5.92 Å². The number of carbonyl (C=O) groups is 1. The Hall–Kier alpha value is -0.350. The van der Waals surface area contributed by atoms with Gasteiger partial charge in [-0.05, 0) is 39.2 Å². The number of hydrogen-bond acceptors (Lipinski definition) is 2. The minimum absolute atomic E-state index is 0.492. The number of carboxylic acids is 1. The molecular weight excluding hydrogens is 396 g/mol. The lowest BCUT2D eigenvalue weighted by Gasteiger charge is -2.17. The third-order valence-corrected chi connectivity index (χ3v) is 6.75. The summed E-state index contributed by atoms with van der Waals surface area (Å²) in [7, 11) is 0. The van der Waals surface area contributed by atoms with Crippen LogP contribution in [-0.4, -0.2) is 11.1 Å². The highest BCUT2D eigenvalue weighted by Gasteiger charge is 2.19. The van der Waals surface area contributed by atoms with Crippen molar-refractivity contribution < 1.29 is 9.90 Å². The minimum atomic E-state index is -0.799. The van der Waals surface area contributed by atoms with Crippen LogP contribution in [0.1, 0.15) is 107 Å². The van der Waals surface area contributed by atoms with E-state index in [-0.39, 0.29) is 0 Å². The zero-order chi connectivity index (χ0) is 18.5. The molecule has 2 nitrogen and oxygen atoms in total. The molecule has 4 heteroatoms. The number of hydrogen-bond donors (Lipinski definition) is 1. The van der Waals surface area contributed by atoms with E-state index in [1.54, 1.807) is 0 Å². The van der Waals surface area contributed by atoms with Gasteiger partial charge < -0.3 is 5.11 Å². The summed E-state index contributed by atoms with van der Waals surface area (Å²) >= 11 is 4.91. The average molecular weight is 431 g/mol. The number of halogens is 1. The summed E-state index contributed by atoms with van der Waals surface area (Å²) in [6.07, 6.45) is 16.5. The van der Waals surface area contributed by atoms with Gasteiger partial charge in [-0.25, -0.2) is 4.79 Å². The van der Waals surface area contributed by atoms with E-state index in [0.717, 1.165) is 15.8 Å². The van der Waals surface area contributed by atoms with Crippen molar-refractivity contribution in [1.82, 2.24) is 0 Å². The van der Waals surface area contributed by atoms with Crippen LogP contribution in [0.25, 0.3) is 0 Å². The van der Waals surface area contributed by atoms with Crippen LogP contribution < -0.4 is 0 Å². The van der Waals surface area contributed by atoms with Gasteiger partial charge in [0.05, 0.1) is 9.35 Å². The third-order valence-electron chi connectivity index (χ3n) is 4.98. The molecule has 1 atom stereocenters. The first-order valence-electron chi connectivity index (χ1n) is 10.1. The molecule has 1 unspecified atom stereocenters. The van der Waals surface area contributed by atoms with Crippen molar-refractivity contribution in [2.75, 3.05) is 0 Å². The molecule has 0 radical (unpaired) electrons. The molecule has 0 aliphatic rings. The molecule has 0 saturated carbocycles. The van der Waals surface area contributed by atoms with Gasteiger partial charge in [-0.1, -0.05) is 90.9 Å². The Kier molecular flexibility index (Phi) is 12.5. The Morgan fingerprint density at radius 3 is 2.08 bits per heavy atom. The monoisotopic (exact) mass is 430 g/mol. The molecule has 0 spiro atoms. The zero-order valence-corrected chi connectivity index (χ0v) is 18.4. The third kappa shape index (κ3) is 9.23. The van der Waals surface area contributed by atoms with Crippen molar-refractivity contribution >= 4 is 33.2 Å². The van der Waals surface area contributed by atoms with Crippen LogP contribution in [0.3, 0.4) is 0 Å². The van der Waals surface area contributed by atoms with E-state index in [2.05, 4.69) is 29.8 Å². The molecule has 1 aromatic heterocycles. The molecule has 0 aromatic carbocycles. The Morgan fingerprint density at radius 1 is 1.00 bits per heavy atom. The molecular formula is C21H35BrO2S. The Balaban J connectivity index is 2.53. The molecule has 1 N–H and O–H groups in total. The highest BCUT2D eigenvalue weighted by molar-refractivity contribution is 9.11. The molecule has 0 bridgehead atoms. The fourth-order valence-electron chi connectivity index (χ4n) is 3.47. The van der Waals surface area contributed by atoms with Gasteiger partial charge in [0.1, 0.15) is 0 Å². The standard InChI is InChI=1S/C21H35BrO2S/c1-3-5-7-9-10-12-14-17(13-11-8-6-4-2)15-18-16-25-20(22)19(18)21(23)24/h16-17H,3-15H2,1-2H3,(H,23,24). The van der Waals surface area contributed by atoms with Crippen LogP contribution in [0.15, 0.2) is 9.17 Å². The quantitative estimate of drug-likeness (QED) is 0.285. The van der Waals surface area contributed by atoms with Crippen LogP contribution in [0.5, 0.6) is 0 Å². The minimum Gasteiger partial charge on any atom is -0.478 e. The maximum atomic E-state index is 11.5. The first-order chi connectivity index (χ1) is 12.1. The van der Waals surface area contributed by atoms with E-state index in [4.69, 9.17) is 0 Å². The highest BCUT2D eigenvalue weighted by Crippen LogP contribution is 2.32. The summed E-state index contributed by atoms with van der Waals surface area (Å²) in [6.45, 7) is 4.50. The Labute approximate surface area is 166 Å². The molecule has 1 rings (SSSR count). The maximum absolute atomic E-state index is 11.5. The predicted molar refractivity (Wildman–Crippen MR) is 113 cm³/mol. The number of rotatable bonds is 15. The topological polar surface area (TPSA) is 37.3 Å². The first kappa shape index (κ1) is 22.7. The largest absolute Gasteiger partial charge is 0.478 e. The maximum Gasteiger partial charge on any atom is 0.337 e. The van der Waals surface area contributed by atoms with Crippen molar-refractivity contribution in [3.63, 3.8) is 0 Å². The lowest BCUT2D eigenvalue weighted by molar-refractivity contribution is 0.0695. The molecule has 144 valence electrons. The molecule has 0 fully saturated rings. The number of thiophene rings is 1. The second-order valence-corrected chi connectivity index (χ2v) is 9.39. The Bertz CT molecular complexity index is 484. The molecule has 0 saturated heterocycles. The molecule has 1 aromatic rings. The predicted octanol–water partition coefficient (Wildman–Crippen LogP) is 8.09. The van der Waals surface area contributed by atoms with E-state index in [0.29, 0.717) is 11.5 Å². The van der Waals surface area contributed by atoms with E-state index < -0.39 is 5.97 Å². The lowest BCUT2D eigenvalue weighted by atomic mass is 9.88. The van der Waals surface area contributed by atoms with Gasteiger partial charge in [-0.3, -0.25) is 0 Å².